The van der Waals surface area contributed by atoms with E-state index in [4.69, 9.17) is 9.84 Å². The number of methoxy groups -OCH3 is 1. The van der Waals surface area contributed by atoms with Crippen molar-refractivity contribution in [1.29, 1.82) is 0 Å². The second-order valence-corrected chi connectivity index (χ2v) is 5.49. The third kappa shape index (κ3) is 5.28. The van der Waals surface area contributed by atoms with Crippen LogP contribution in [0.15, 0.2) is 24.3 Å². The molecule has 0 aliphatic heterocycles. The van der Waals surface area contributed by atoms with Gasteiger partial charge in [0.15, 0.2) is 0 Å². The third-order valence-electron chi connectivity index (χ3n) is 3.32. The summed E-state index contributed by atoms with van der Waals surface area (Å²) in [6.45, 7) is 4.90. The van der Waals surface area contributed by atoms with Gasteiger partial charge in [-0.25, -0.2) is 0 Å². The van der Waals surface area contributed by atoms with Crippen molar-refractivity contribution in [1.82, 2.24) is 10.6 Å². The molecule has 0 saturated heterocycles. The van der Waals surface area contributed by atoms with Crippen molar-refractivity contribution in [2.45, 2.75) is 32.9 Å². The number of rotatable bonds is 7. The fraction of sp³-hybridized carbons (Fsp3) is 0.438. The number of carbonyl (C=O) groups excluding carboxylic acids is 2. The molecule has 0 aliphatic rings. The molecular formula is C16H22N2O5. The Morgan fingerprint density at radius 1 is 1.04 bits per heavy atom. The quantitative estimate of drug-likeness (QED) is 0.695. The first kappa shape index (κ1) is 18.5. The molecule has 2 atom stereocenters. The number of carbonyl (C=O) groups is 3. The number of hydrogen-bond acceptors (Lipinski definition) is 4. The van der Waals surface area contributed by atoms with Gasteiger partial charge in [0.1, 0.15) is 17.8 Å². The molecule has 0 spiro atoms. The van der Waals surface area contributed by atoms with Gasteiger partial charge in [-0.3, -0.25) is 14.4 Å². The van der Waals surface area contributed by atoms with E-state index in [1.54, 1.807) is 38.1 Å². The zero-order valence-corrected chi connectivity index (χ0v) is 13.6. The number of nitrogens with one attached hydrogen (secondary N) is 2. The SMILES string of the molecule is COc1ccc(C(=O)NC(C(=O)N[C@@H](C)C(=O)O)C(C)C)cc1. The molecule has 7 nitrogen and oxygen atoms in total. The van der Waals surface area contributed by atoms with E-state index < -0.39 is 29.9 Å². The van der Waals surface area contributed by atoms with Crippen LogP contribution in [0.2, 0.25) is 0 Å². The molecule has 0 heterocycles. The zero-order valence-electron chi connectivity index (χ0n) is 13.6. The summed E-state index contributed by atoms with van der Waals surface area (Å²) in [7, 11) is 1.53. The van der Waals surface area contributed by atoms with E-state index in [1.807, 2.05) is 0 Å². The Labute approximate surface area is 135 Å². The predicted octanol–water partition coefficient (Wildman–Crippen LogP) is 1.04. The molecule has 0 saturated carbocycles. The fourth-order valence-corrected chi connectivity index (χ4v) is 1.87. The van der Waals surface area contributed by atoms with Gasteiger partial charge in [-0.05, 0) is 37.1 Å². The molecule has 0 aromatic heterocycles. The molecular weight excluding hydrogens is 300 g/mol. The summed E-state index contributed by atoms with van der Waals surface area (Å²) in [4.78, 5) is 35.2. The Morgan fingerprint density at radius 3 is 2.04 bits per heavy atom. The second-order valence-electron chi connectivity index (χ2n) is 5.49. The van der Waals surface area contributed by atoms with Gasteiger partial charge in [-0.1, -0.05) is 13.8 Å². The largest absolute Gasteiger partial charge is 0.497 e. The van der Waals surface area contributed by atoms with Crippen molar-refractivity contribution in [3.8, 4) is 5.75 Å². The summed E-state index contributed by atoms with van der Waals surface area (Å²) in [5.41, 5.74) is 0.385. The van der Waals surface area contributed by atoms with Gasteiger partial charge < -0.3 is 20.5 Å². The lowest BCUT2D eigenvalue weighted by atomic mass is 10.0. The minimum absolute atomic E-state index is 0.196. The van der Waals surface area contributed by atoms with E-state index >= 15 is 0 Å². The third-order valence-corrected chi connectivity index (χ3v) is 3.32. The van der Waals surface area contributed by atoms with Gasteiger partial charge in [0.2, 0.25) is 5.91 Å². The summed E-state index contributed by atoms with van der Waals surface area (Å²) >= 11 is 0. The lowest BCUT2D eigenvalue weighted by molar-refractivity contribution is -0.141. The molecule has 0 aliphatic carbocycles. The summed E-state index contributed by atoms with van der Waals surface area (Å²) in [6, 6.07) is 4.61. The highest BCUT2D eigenvalue weighted by molar-refractivity contribution is 5.98. The first-order chi connectivity index (χ1) is 10.8. The average molecular weight is 322 g/mol. The van der Waals surface area contributed by atoms with E-state index in [0.29, 0.717) is 11.3 Å². The van der Waals surface area contributed by atoms with Crippen LogP contribution in [0.4, 0.5) is 0 Å². The van der Waals surface area contributed by atoms with Crippen LogP contribution in [0.3, 0.4) is 0 Å². The maximum atomic E-state index is 12.2. The molecule has 1 rings (SSSR count). The molecule has 23 heavy (non-hydrogen) atoms. The molecule has 0 fully saturated rings. The lowest BCUT2D eigenvalue weighted by Gasteiger charge is -2.23. The van der Waals surface area contributed by atoms with Crippen molar-refractivity contribution in [2.75, 3.05) is 7.11 Å². The van der Waals surface area contributed by atoms with Gasteiger partial charge >= 0.3 is 5.97 Å². The van der Waals surface area contributed by atoms with Crippen LogP contribution in [-0.2, 0) is 9.59 Å². The molecule has 1 aromatic rings. The molecule has 1 unspecified atom stereocenters. The first-order valence-electron chi connectivity index (χ1n) is 7.24. The van der Waals surface area contributed by atoms with E-state index in [0.717, 1.165) is 0 Å². The highest BCUT2D eigenvalue weighted by Crippen LogP contribution is 2.12. The monoisotopic (exact) mass is 322 g/mol. The number of carboxylic acid groups (broad SMARTS) is 1. The average Bonchev–Trinajstić information content (AvgIpc) is 2.51. The maximum absolute atomic E-state index is 12.2. The number of ether oxygens (including phenoxy) is 1. The van der Waals surface area contributed by atoms with Crippen LogP contribution in [0, 0.1) is 5.92 Å². The van der Waals surface area contributed by atoms with Gasteiger partial charge in [-0.2, -0.15) is 0 Å². The van der Waals surface area contributed by atoms with Gasteiger partial charge in [0, 0.05) is 5.56 Å². The van der Waals surface area contributed by atoms with Crippen molar-refractivity contribution in [2.24, 2.45) is 5.92 Å². The number of carboxylic acids is 1. The van der Waals surface area contributed by atoms with E-state index in [2.05, 4.69) is 10.6 Å². The number of amides is 2. The standard InChI is InChI=1S/C16H22N2O5/c1-9(2)13(15(20)17-10(3)16(21)22)18-14(19)11-5-7-12(23-4)8-6-11/h5-10,13H,1-4H3,(H,17,20)(H,18,19)(H,21,22)/t10-,13?/m0/s1. The Balaban J connectivity index is 2.80. The van der Waals surface area contributed by atoms with Crippen LogP contribution in [-0.4, -0.2) is 42.1 Å². The van der Waals surface area contributed by atoms with Crippen LogP contribution >= 0.6 is 0 Å². The zero-order chi connectivity index (χ0) is 17.6. The molecule has 2 amide bonds. The smallest absolute Gasteiger partial charge is 0.325 e. The van der Waals surface area contributed by atoms with Gasteiger partial charge in [0.25, 0.3) is 5.91 Å². The van der Waals surface area contributed by atoms with Crippen LogP contribution < -0.4 is 15.4 Å². The minimum atomic E-state index is -1.14. The highest BCUT2D eigenvalue weighted by Gasteiger charge is 2.27. The van der Waals surface area contributed by atoms with Crippen molar-refractivity contribution >= 4 is 17.8 Å². The van der Waals surface area contributed by atoms with Crippen LogP contribution in [0.5, 0.6) is 5.75 Å². The normalized spacial score (nSPS) is 13.1. The number of benzene rings is 1. The number of hydrogen-bond donors (Lipinski definition) is 3. The molecule has 3 N–H and O–H groups in total. The summed E-state index contributed by atoms with van der Waals surface area (Å²) in [5, 5.41) is 13.8. The van der Waals surface area contributed by atoms with E-state index in [1.165, 1.54) is 14.0 Å². The Morgan fingerprint density at radius 2 is 1.61 bits per heavy atom. The molecule has 1 aromatic carbocycles. The molecule has 126 valence electrons. The van der Waals surface area contributed by atoms with Crippen molar-refractivity contribution in [3.63, 3.8) is 0 Å². The molecule has 0 radical (unpaired) electrons. The number of aliphatic carboxylic acids is 1. The molecule has 0 bridgehead atoms. The summed E-state index contributed by atoms with van der Waals surface area (Å²) < 4.78 is 5.02. The fourth-order valence-electron chi connectivity index (χ4n) is 1.87. The summed E-state index contributed by atoms with van der Waals surface area (Å²) in [5.74, 6) is -1.66. The Hall–Kier alpha value is -2.57. The van der Waals surface area contributed by atoms with Crippen LogP contribution in [0.1, 0.15) is 31.1 Å². The molecule has 7 heteroatoms. The topological polar surface area (TPSA) is 105 Å². The van der Waals surface area contributed by atoms with E-state index in [9.17, 15) is 14.4 Å². The maximum Gasteiger partial charge on any atom is 0.325 e. The van der Waals surface area contributed by atoms with Crippen LogP contribution in [0.25, 0.3) is 0 Å². The van der Waals surface area contributed by atoms with Crippen molar-refractivity contribution in [3.05, 3.63) is 29.8 Å². The van der Waals surface area contributed by atoms with E-state index in [-0.39, 0.29) is 5.92 Å². The highest BCUT2D eigenvalue weighted by atomic mass is 16.5. The minimum Gasteiger partial charge on any atom is -0.497 e. The Bertz CT molecular complexity index is 568. The lowest BCUT2D eigenvalue weighted by Crippen LogP contribution is -2.53. The predicted molar refractivity (Wildman–Crippen MR) is 84.3 cm³/mol. The Kier molecular flexibility index (Phi) is 6.56. The summed E-state index contributed by atoms with van der Waals surface area (Å²) in [6.07, 6.45) is 0. The first-order valence-corrected chi connectivity index (χ1v) is 7.24. The van der Waals surface area contributed by atoms with Crippen molar-refractivity contribution < 1.29 is 24.2 Å². The van der Waals surface area contributed by atoms with Gasteiger partial charge in [-0.15, -0.1) is 0 Å². The second kappa shape index (κ2) is 8.17. The van der Waals surface area contributed by atoms with Gasteiger partial charge in [0.05, 0.1) is 7.11 Å².